The summed E-state index contributed by atoms with van der Waals surface area (Å²) in [6, 6.07) is 8.36. The van der Waals surface area contributed by atoms with E-state index in [0.717, 1.165) is 67.6 Å². The fourth-order valence-electron chi connectivity index (χ4n) is 3.38. The van der Waals surface area contributed by atoms with Crippen molar-refractivity contribution < 1.29 is 9.47 Å². The Bertz CT molecular complexity index is 908. The molecule has 0 amide bonds. The smallest absolute Gasteiger partial charge is 0.138 e. The molecule has 1 aliphatic heterocycles. The maximum Gasteiger partial charge on any atom is 0.138 e. The monoisotopic (exact) mass is 398 g/mol. The van der Waals surface area contributed by atoms with Crippen molar-refractivity contribution >= 4 is 27.4 Å². The molecule has 1 aromatic carbocycles. The molecule has 3 heterocycles. The molecule has 1 fully saturated rings. The molecule has 0 spiro atoms. The van der Waals surface area contributed by atoms with Crippen LogP contribution in [-0.2, 0) is 11.2 Å². The molecule has 0 atom stereocenters. The molecule has 0 saturated carbocycles. The quantitative estimate of drug-likeness (QED) is 0.628. The summed E-state index contributed by atoms with van der Waals surface area (Å²) in [4.78, 5) is 12.2. The summed E-state index contributed by atoms with van der Waals surface area (Å²) in [6.45, 7) is 8.21. The van der Waals surface area contributed by atoms with Crippen LogP contribution < -0.4 is 10.1 Å². The Balaban J connectivity index is 1.28. The number of aromatic nitrogens is 2. The number of nitrogens with zero attached hydrogens (tertiary/aromatic N) is 3. The van der Waals surface area contributed by atoms with E-state index in [0.29, 0.717) is 6.61 Å². The fraction of sp³-hybridized carbons (Fsp3) is 0.429. The minimum Gasteiger partial charge on any atom is -0.492 e. The van der Waals surface area contributed by atoms with Crippen molar-refractivity contribution in [2.24, 2.45) is 0 Å². The highest BCUT2D eigenvalue weighted by Crippen LogP contribution is 2.28. The molecule has 28 heavy (non-hydrogen) atoms. The Labute approximate surface area is 169 Å². The van der Waals surface area contributed by atoms with Crippen LogP contribution in [0.1, 0.15) is 11.1 Å². The van der Waals surface area contributed by atoms with Crippen molar-refractivity contribution in [2.45, 2.75) is 13.3 Å². The molecule has 0 bridgehead atoms. The van der Waals surface area contributed by atoms with Crippen LogP contribution in [0.3, 0.4) is 0 Å². The number of hydrogen-bond acceptors (Lipinski definition) is 7. The molecular formula is C21H26N4O2S. The molecule has 3 aromatic rings. The summed E-state index contributed by atoms with van der Waals surface area (Å²) in [7, 11) is 0. The zero-order chi connectivity index (χ0) is 19.2. The van der Waals surface area contributed by atoms with Gasteiger partial charge in [0.2, 0.25) is 0 Å². The van der Waals surface area contributed by atoms with Crippen molar-refractivity contribution in [1.29, 1.82) is 0 Å². The van der Waals surface area contributed by atoms with E-state index in [1.807, 2.05) is 6.07 Å². The SMILES string of the molecule is Cc1csc2ncnc(NCCc3cccc(OCCN4CCOCC4)c3)c12. The van der Waals surface area contributed by atoms with Crippen molar-refractivity contribution in [3.63, 3.8) is 0 Å². The highest BCUT2D eigenvalue weighted by atomic mass is 32.1. The minimum absolute atomic E-state index is 0.706. The summed E-state index contributed by atoms with van der Waals surface area (Å²) in [5, 5.41) is 6.72. The summed E-state index contributed by atoms with van der Waals surface area (Å²) in [5.41, 5.74) is 2.47. The molecule has 6 nitrogen and oxygen atoms in total. The molecule has 0 unspecified atom stereocenters. The molecule has 1 N–H and O–H groups in total. The topological polar surface area (TPSA) is 59.5 Å². The van der Waals surface area contributed by atoms with Crippen LogP contribution >= 0.6 is 11.3 Å². The fourth-order valence-corrected chi connectivity index (χ4v) is 4.27. The maximum absolute atomic E-state index is 5.95. The van der Waals surface area contributed by atoms with Crippen LogP contribution in [0.15, 0.2) is 36.0 Å². The Morgan fingerprint density at radius 1 is 1.25 bits per heavy atom. The van der Waals surface area contributed by atoms with Gasteiger partial charge in [-0.3, -0.25) is 4.90 Å². The van der Waals surface area contributed by atoms with E-state index in [1.54, 1.807) is 17.7 Å². The average molecular weight is 399 g/mol. The summed E-state index contributed by atoms with van der Waals surface area (Å²) in [5.74, 6) is 1.85. The Hall–Kier alpha value is -2.22. The highest BCUT2D eigenvalue weighted by molar-refractivity contribution is 7.17. The third-order valence-electron chi connectivity index (χ3n) is 4.94. The summed E-state index contributed by atoms with van der Waals surface area (Å²) < 4.78 is 11.3. The summed E-state index contributed by atoms with van der Waals surface area (Å²) in [6.07, 6.45) is 2.54. The molecule has 2 aromatic heterocycles. The van der Waals surface area contributed by atoms with Gasteiger partial charge in [0.1, 0.15) is 29.3 Å². The number of ether oxygens (including phenoxy) is 2. The second-order valence-corrected chi connectivity index (χ2v) is 7.81. The van der Waals surface area contributed by atoms with Crippen molar-refractivity contribution in [3.8, 4) is 5.75 Å². The van der Waals surface area contributed by atoms with Gasteiger partial charge in [0, 0.05) is 26.2 Å². The number of aryl methyl sites for hydroxylation is 1. The van der Waals surface area contributed by atoms with E-state index in [2.05, 4.69) is 50.7 Å². The molecule has 1 saturated heterocycles. The Kier molecular flexibility index (Phi) is 6.36. The normalized spacial score (nSPS) is 15.0. The van der Waals surface area contributed by atoms with E-state index in [1.165, 1.54) is 11.1 Å². The number of hydrogen-bond donors (Lipinski definition) is 1. The second kappa shape index (κ2) is 9.32. The van der Waals surface area contributed by atoms with Crippen LogP contribution in [0.5, 0.6) is 5.75 Å². The number of fused-ring (bicyclic) bond motifs is 1. The number of thiophene rings is 1. The predicted octanol–water partition coefficient (Wildman–Crippen LogP) is 3.37. The zero-order valence-electron chi connectivity index (χ0n) is 16.2. The van der Waals surface area contributed by atoms with Crippen LogP contribution in [-0.4, -0.2) is 60.9 Å². The first-order chi connectivity index (χ1) is 13.8. The van der Waals surface area contributed by atoms with E-state index in [4.69, 9.17) is 9.47 Å². The van der Waals surface area contributed by atoms with Gasteiger partial charge < -0.3 is 14.8 Å². The lowest BCUT2D eigenvalue weighted by atomic mass is 10.1. The van der Waals surface area contributed by atoms with Crippen LogP contribution in [0.4, 0.5) is 5.82 Å². The Morgan fingerprint density at radius 2 is 2.14 bits per heavy atom. The van der Waals surface area contributed by atoms with Gasteiger partial charge >= 0.3 is 0 Å². The second-order valence-electron chi connectivity index (χ2n) is 6.95. The standard InChI is InChI=1S/C21H26N4O2S/c1-16-14-28-21-19(16)20(23-15-24-21)22-6-5-17-3-2-4-18(13-17)27-12-9-25-7-10-26-11-8-25/h2-4,13-15H,5-12H2,1H3,(H,22,23,24). The van der Waals surface area contributed by atoms with Crippen LogP contribution in [0.25, 0.3) is 10.2 Å². The van der Waals surface area contributed by atoms with Crippen molar-refractivity contribution in [1.82, 2.24) is 14.9 Å². The van der Waals surface area contributed by atoms with Gasteiger partial charge in [-0.05, 0) is 42.0 Å². The van der Waals surface area contributed by atoms with Gasteiger partial charge in [0.25, 0.3) is 0 Å². The van der Waals surface area contributed by atoms with Gasteiger partial charge in [0.05, 0.1) is 18.6 Å². The van der Waals surface area contributed by atoms with E-state index in [9.17, 15) is 0 Å². The lowest BCUT2D eigenvalue weighted by Crippen LogP contribution is -2.38. The molecular weight excluding hydrogens is 372 g/mol. The third kappa shape index (κ3) is 4.79. The largest absolute Gasteiger partial charge is 0.492 e. The highest BCUT2D eigenvalue weighted by Gasteiger charge is 2.10. The maximum atomic E-state index is 5.95. The van der Waals surface area contributed by atoms with Crippen LogP contribution in [0.2, 0.25) is 0 Å². The summed E-state index contributed by atoms with van der Waals surface area (Å²) >= 11 is 1.66. The minimum atomic E-state index is 0.706. The number of anilines is 1. The predicted molar refractivity (Wildman–Crippen MR) is 114 cm³/mol. The number of rotatable bonds is 8. The van der Waals surface area contributed by atoms with Crippen molar-refractivity contribution in [2.75, 3.05) is 51.3 Å². The number of morpholine rings is 1. The molecule has 7 heteroatoms. The molecule has 1 aliphatic rings. The van der Waals surface area contributed by atoms with E-state index < -0.39 is 0 Å². The van der Waals surface area contributed by atoms with Gasteiger partial charge in [0.15, 0.2) is 0 Å². The molecule has 4 rings (SSSR count). The lowest BCUT2D eigenvalue weighted by Gasteiger charge is -2.26. The Morgan fingerprint density at radius 3 is 3.04 bits per heavy atom. The third-order valence-corrected chi connectivity index (χ3v) is 5.94. The first-order valence-electron chi connectivity index (χ1n) is 9.74. The number of benzene rings is 1. The van der Waals surface area contributed by atoms with Crippen molar-refractivity contribution in [3.05, 3.63) is 47.1 Å². The molecule has 0 aliphatic carbocycles. The van der Waals surface area contributed by atoms with Gasteiger partial charge in [-0.25, -0.2) is 9.97 Å². The first kappa shape index (κ1) is 19.1. The van der Waals surface area contributed by atoms with E-state index in [-0.39, 0.29) is 0 Å². The van der Waals surface area contributed by atoms with Gasteiger partial charge in [-0.1, -0.05) is 12.1 Å². The first-order valence-corrected chi connectivity index (χ1v) is 10.6. The van der Waals surface area contributed by atoms with Gasteiger partial charge in [-0.2, -0.15) is 0 Å². The molecule has 148 valence electrons. The zero-order valence-corrected chi connectivity index (χ0v) is 17.0. The van der Waals surface area contributed by atoms with Crippen LogP contribution in [0, 0.1) is 6.92 Å². The van der Waals surface area contributed by atoms with E-state index >= 15 is 0 Å². The molecule has 0 radical (unpaired) electrons. The average Bonchev–Trinajstić information content (AvgIpc) is 3.11. The number of nitrogens with one attached hydrogen (secondary N) is 1. The van der Waals surface area contributed by atoms with Gasteiger partial charge in [-0.15, -0.1) is 11.3 Å². The lowest BCUT2D eigenvalue weighted by molar-refractivity contribution is 0.0322.